The van der Waals surface area contributed by atoms with Gasteiger partial charge in [-0.15, -0.1) is 0 Å². The molecule has 1 aromatic heterocycles. The van der Waals surface area contributed by atoms with Gasteiger partial charge in [-0.1, -0.05) is 40.2 Å². The summed E-state index contributed by atoms with van der Waals surface area (Å²) in [6.07, 6.45) is 1.92. The maximum Gasteiger partial charge on any atom is 0.124 e. The van der Waals surface area contributed by atoms with Crippen molar-refractivity contribution in [3.8, 4) is 0 Å². The van der Waals surface area contributed by atoms with Gasteiger partial charge in [-0.25, -0.2) is 9.82 Å². The third-order valence-electron chi connectivity index (χ3n) is 3.37. The molecule has 0 radical (unpaired) electrons. The van der Waals surface area contributed by atoms with Crippen LogP contribution >= 0.6 is 15.9 Å². The van der Waals surface area contributed by atoms with Gasteiger partial charge in [0.25, 0.3) is 0 Å². The number of rotatable bonds is 3. The summed E-state index contributed by atoms with van der Waals surface area (Å²) >= 11 is 3.39. The van der Waals surface area contributed by atoms with E-state index in [1.54, 1.807) is 6.07 Å². The number of aromatic nitrogens is 1. The van der Waals surface area contributed by atoms with E-state index in [0.29, 0.717) is 4.47 Å². The lowest BCUT2D eigenvalue weighted by Gasteiger charge is -2.17. The van der Waals surface area contributed by atoms with Crippen molar-refractivity contribution in [2.75, 3.05) is 0 Å². The first-order valence-corrected chi connectivity index (χ1v) is 6.97. The van der Waals surface area contributed by atoms with Gasteiger partial charge in [-0.3, -0.25) is 5.84 Å². The number of benzene rings is 2. The molecule has 0 bridgehead atoms. The van der Waals surface area contributed by atoms with E-state index in [-0.39, 0.29) is 11.9 Å². The molecule has 20 heavy (non-hydrogen) atoms. The molecule has 0 saturated carbocycles. The van der Waals surface area contributed by atoms with Crippen molar-refractivity contribution < 1.29 is 4.39 Å². The van der Waals surface area contributed by atoms with Gasteiger partial charge in [0, 0.05) is 27.1 Å². The normalized spacial score (nSPS) is 12.8. The average molecular weight is 334 g/mol. The van der Waals surface area contributed by atoms with E-state index in [9.17, 15) is 4.39 Å². The zero-order chi connectivity index (χ0) is 14.1. The third kappa shape index (κ3) is 2.24. The van der Waals surface area contributed by atoms with Crippen LogP contribution in [0.1, 0.15) is 17.2 Å². The Kier molecular flexibility index (Phi) is 3.56. The Labute approximate surface area is 124 Å². The SMILES string of the molecule is NNC(c1ccc(F)cc1Br)c1c[nH]c2ccccc12. The van der Waals surface area contributed by atoms with Gasteiger partial charge in [-0.2, -0.15) is 0 Å². The number of aromatic amines is 1. The van der Waals surface area contributed by atoms with E-state index in [1.807, 2.05) is 30.5 Å². The molecule has 4 N–H and O–H groups in total. The topological polar surface area (TPSA) is 53.8 Å². The molecule has 3 nitrogen and oxygen atoms in total. The maximum absolute atomic E-state index is 13.2. The van der Waals surface area contributed by atoms with E-state index in [0.717, 1.165) is 22.0 Å². The van der Waals surface area contributed by atoms with E-state index >= 15 is 0 Å². The molecule has 0 saturated heterocycles. The Morgan fingerprint density at radius 2 is 1.95 bits per heavy atom. The summed E-state index contributed by atoms with van der Waals surface area (Å²) in [5.41, 5.74) is 5.75. The Balaban J connectivity index is 2.14. The summed E-state index contributed by atoms with van der Waals surface area (Å²) in [7, 11) is 0. The fraction of sp³-hybridized carbons (Fsp3) is 0.0667. The number of nitrogens with one attached hydrogen (secondary N) is 2. The van der Waals surface area contributed by atoms with Gasteiger partial charge in [0.1, 0.15) is 5.82 Å². The molecule has 0 aliphatic rings. The van der Waals surface area contributed by atoms with Crippen molar-refractivity contribution in [1.29, 1.82) is 0 Å². The molecule has 1 heterocycles. The second-order valence-corrected chi connectivity index (χ2v) is 5.41. The molecule has 0 aliphatic heterocycles. The van der Waals surface area contributed by atoms with E-state index < -0.39 is 0 Å². The summed E-state index contributed by atoms with van der Waals surface area (Å²) in [6.45, 7) is 0. The predicted molar refractivity (Wildman–Crippen MR) is 81.6 cm³/mol. The second kappa shape index (κ2) is 5.36. The molecule has 1 atom stereocenters. The molecular weight excluding hydrogens is 321 g/mol. The van der Waals surface area contributed by atoms with Crippen LogP contribution in [0.4, 0.5) is 4.39 Å². The number of para-hydroxylation sites is 1. The standard InChI is InChI=1S/C15H13BrFN3/c16-13-7-9(17)5-6-11(13)15(20-18)12-8-19-14-4-2-1-3-10(12)14/h1-8,15,19-20H,18H2. The number of fused-ring (bicyclic) bond motifs is 1. The minimum Gasteiger partial charge on any atom is -0.361 e. The van der Waals surface area contributed by atoms with Crippen LogP contribution in [-0.2, 0) is 0 Å². The Hall–Kier alpha value is -1.69. The van der Waals surface area contributed by atoms with E-state index in [4.69, 9.17) is 5.84 Å². The number of hydrogen-bond donors (Lipinski definition) is 3. The minimum absolute atomic E-state index is 0.221. The largest absolute Gasteiger partial charge is 0.361 e. The third-order valence-corrected chi connectivity index (χ3v) is 4.06. The molecule has 0 amide bonds. The van der Waals surface area contributed by atoms with E-state index in [1.165, 1.54) is 12.1 Å². The molecule has 1 unspecified atom stereocenters. The fourth-order valence-electron chi connectivity index (χ4n) is 2.42. The summed E-state index contributed by atoms with van der Waals surface area (Å²) in [5, 5.41) is 1.09. The molecule has 5 heteroatoms. The minimum atomic E-state index is -0.282. The Bertz CT molecular complexity index is 754. The first-order chi connectivity index (χ1) is 9.70. The number of H-pyrrole nitrogens is 1. The van der Waals surface area contributed by atoms with Crippen LogP contribution in [0.5, 0.6) is 0 Å². The first kappa shape index (κ1) is 13.3. The molecule has 2 aromatic carbocycles. The smallest absolute Gasteiger partial charge is 0.124 e. The summed E-state index contributed by atoms with van der Waals surface area (Å²) < 4.78 is 13.9. The quantitative estimate of drug-likeness (QED) is 0.506. The van der Waals surface area contributed by atoms with Crippen LogP contribution in [0.2, 0.25) is 0 Å². The molecule has 0 fully saturated rings. The van der Waals surface area contributed by atoms with Gasteiger partial charge in [0.05, 0.1) is 6.04 Å². The lowest BCUT2D eigenvalue weighted by Crippen LogP contribution is -2.29. The molecule has 3 rings (SSSR count). The zero-order valence-corrected chi connectivity index (χ0v) is 12.1. The monoisotopic (exact) mass is 333 g/mol. The van der Waals surface area contributed by atoms with Crippen molar-refractivity contribution in [1.82, 2.24) is 10.4 Å². The summed E-state index contributed by atoms with van der Waals surface area (Å²) in [4.78, 5) is 3.22. The summed E-state index contributed by atoms with van der Waals surface area (Å²) in [5.74, 6) is 5.43. The van der Waals surface area contributed by atoms with Crippen LogP contribution < -0.4 is 11.3 Å². The van der Waals surface area contributed by atoms with Crippen molar-refractivity contribution >= 4 is 26.8 Å². The lowest BCUT2D eigenvalue weighted by molar-refractivity contribution is 0.614. The number of nitrogens with two attached hydrogens (primary N) is 1. The zero-order valence-electron chi connectivity index (χ0n) is 10.5. The average Bonchev–Trinajstić information content (AvgIpc) is 2.86. The van der Waals surface area contributed by atoms with Crippen molar-refractivity contribution in [3.63, 3.8) is 0 Å². The van der Waals surface area contributed by atoms with Crippen LogP contribution in [0, 0.1) is 5.82 Å². The Morgan fingerprint density at radius 3 is 2.70 bits per heavy atom. The van der Waals surface area contributed by atoms with Crippen molar-refractivity contribution in [3.05, 3.63) is 70.1 Å². The highest BCUT2D eigenvalue weighted by atomic mass is 79.9. The van der Waals surface area contributed by atoms with Crippen LogP contribution in [0.15, 0.2) is 53.1 Å². The van der Waals surface area contributed by atoms with Crippen LogP contribution in [-0.4, -0.2) is 4.98 Å². The fourth-order valence-corrected chi connectivity index (χ4v) is 3.00. The van der Waals surface area contributed by atoms with Crippen LogP contribution in [0.3, 0.4) is 0 Å². The lowest BCUT2D eigenvalue weighted by atomic mass is 9.99. The van der Waals surface area contributed by atoms with Crippen molar-refractivity contribution in [2.45, 2.75) is 6.04 Å². The molecule has 102 valence electrons. The number of halogens is 2. The van der Waals surface area contributed by atoms with Gasteiger partial charge in [0.2, 0.25) is 0 Å². The maximum atomic E-state index is 13.2. The summed E-state index contributed by atoms with van der Waals surface area (Å²) in [6, 6.07) is 12.4. The van der Waals surface area contributed by atoms with E-state index in [2.05, 4.69) is 26.3 Å². The number of hydrazine groups is 1. The van der Waals surface area contributed by atoms with Crippen LogP contribution in [0.25, 0.3) is 10.9 Å². The van der Waals surface area contributed by atoms with Gasteiger partial charge in [0.15, 0.2) is 0 Å². The molecule has 3 aromatic rings. The number of hydrogen-bond acceptors (Lipinski definition) is 2. The van der Waals surface area contributed by atoms with Crippen molar-refractivity contribution in [2.24, 2.45) is 5.84 Å². The highest BCUT2D eigenvalue weighted by molar-refractivity contribution is 9.10. The molecule has 0 aliphatic carbocycles. The molecular formula is C15H13BrFN3. The van der Waals surface area contributed by atoms with Gasteiger partial charge >= 0.3 is 0 Å². The first-order valence-electron chi connectivity index (χ1n) is 6.18. The highest BCUT2D eigenvalue weighted by Crippen LogP contribution is 2.32. The van der Waals surface area contributed by atoms with Gasteiger partial charge in [-0.05, 0) is 23.8 Å². The predicted octanol–water partition coefficient (Wildman–Crippen LogP) is 3.62. The highest BCUT2D eigenvalue weighted by Gasteiger charge is 2.19. The molecule has 0 spiro atoms. The Morgan fingerprint density at radius 1 is 1.15 bits per heavy atom. The van der Waals surface area contributed by atoms with Gasteiger partial charge < -0.3 is 4.98 Å². The second-order valence-electron chi connectivity index (χ2n) is 4.56.